The summed E-state index contributed by atoms with van der Waals surface area (Å²) < 4.78 is 0. The third-order valence-corrected chi connectivity index (χ3v) is 3.63. The Morgan fingerprint density at radius 1 is 1.24 bits per heavy atom. The molecule has 0 saturated heterocycles. The molecule has 1 aromatic carbocycles. The number of hydrogen-bond donors (Lipinski definition) is 0. The number of Topliss-reactive ketones (excluding diaryl/α,β-unsaturated/α-hetero) is 1. The summed E-state index contributed by atoms with van der Waals surface area (Å²) in [6, 6.07) is 5.50. The van der Waals surface area contributed by atoms with E-state index in [4.69, 9.17) is 0 Å². The number of aryl methyl sites for hydroxylation is 1. The van der Waals surface area contributed by atoms with Crippen LogP contribution in [0, 0.1) is 0 Å². The highest BCUT2D eigenvalue weighted by molar-refractivity contribution is 6.05. The molecule has 3 rings (SSSR count). The molecule has 0 unspecified atom stereocenters. The number of fused-ring (bicyclic) bond motifs is 1. The Balaban J connectivity index is 1.97. The number of nitrogens with zero attached hydrogens (tertiary/aromatic N) is 3. The van der Waals surface area contributed by atoms with E-state index in [2.05, 4.69) is 9.97 Å². The number of hydrogen-bond acceptors (Lipinski definition) is 4. The Labute approximate surface area is 122 Å². The van der Waals surface area contributed by atoms with E-state index in [9.17, 15) is 9.59 Å². The Morgan fingerprint density at radius 3 is 2.81 bits per heavy atom. The fourth-order valence-electron chi connectivity index (χ4n) is 2.57. The van der Waals surface area contributed by atoms with Crippen molar-refractivity contribution in [2.45, 2.75) is 19.8 Å². The average molecular weight is 281 g/mol. The molecule has 0 radical (unpaired) electrons. The minimum atomic E-state index is -0.153. The van der Waals surface area contributed by atoms with Crippen molar-refractivity contribution < 1.29 is 9.59 Å². The largest absolute Gasteiger partial charge is 0.307 e. The topological polar surface area (TPSA) is 63.2 Å². The standard InChI is InChI=1S/C16H15N3O2/c1-11(20)12-4-5-15-13(9-12)3-2-8-19(15)16(21)14-10-17-6-7-18-14/h4-7,9-10H,2-3,8H2,1H3. The maximum atomic E-state index is 12.5. The fraction of sp³-hybridized carbons (Fsp3) is 0.250. The molecule has 0 saturated carbocycles. The zero-order valence-electron chi connectivity index (χ0n) is 11.7. The first-order chi connectivity index (χ1) is 10.2. The Bertz CT molecular complexity index is 698. The first kappa shape index (κ1) is 13.4. The Morgan fingerprint density at radius 2 is 2.10 bits per heavy atom. The summed E-state index contributed by atoms with van der Waals surface area (Å²) in [6.07, 6.45) is 6.28. The van der Waals surface area contributed by atoms with Gasteiger partial charge in [-0.3, -0.25) is 14.6 Å². The number of benzene rings is 1. The van der Waals surface area contributed by atoms with E-state index in [-0.39, 0.29) is 11.7 Å². The lowest BCUT2D eigenvalue weighted by Gasteiger charge is -2.29. The van der Waals surface area contributed by atoms with Crippen LogP contribution in [-0.4, -0.2) is 28.2 Å². The van der Waals surface area contributed by atoms with Crippen molar-refractivity contribution in [3.05, 3.63) is 53.6 Å². The first-order valence-corrected chi connectivity index (χ1v) is 6.88. The maximum absolute atomic E-state index is 12.5. The lowest BCUT2D eigenvalue weighted by Crippen LogP contribution is -2.36. The molecule has 106 valence electrons. The molecule has 1 amide bonds. The van der Waals surface area contributed by atoms with Crippen molar-refractivity contribution in [3.63, 3.8) is 0 Å². The first-order valence-electron chi connectivity index (χ1n) is 6.88. The van der Waals surface area contributed by atoms with E-state index in [0.29, 0.717) is 17.8 Å². The van der Waals surface area contributed by atoms with Gasteiger partial charge in [-0.25, -0.2) is 4.98 Å². The monoisotopic (exact) mass is 281 g/mol. The van der Waals surface area contributed by atoms with Gasteiger partial charge in [0.05, 0.1) is 6.20 Å². The molecule has 2 heterocycles. The van der Waals surface area contributed by atoms with Crippen molar-refractivity contribution in [1.82, 2.24) is 9.97 Å². The molecule has 0 atom stereocenters. The molecule has 0 bridgehead atoms. The number of amides is 1. The molecule has 0 spiro atoms. The normalized spacial score (nSPS) is 13.7. The van der Waals surface area contributed by atoms with Crippen LogP contribution in [0.15, 0.2) is 36.8 Å². The van der Waals surface area contributed by atoms with Gasteiger partial charge in [0.1, 0.15) is 5.69 Å². The SMILES string of the molecule is CC(=O)c1ccc2c(c1)CCCN2C(=O)c1cnccn1. The number of rotatable bonds is 2. The highest BCUT2D eigenvalue weighted by Gasteiger charge is 2.24. The Hall–Kier alpha value is -2.56. The molecule has 0 fully saturated rings. The van der Waals surface area contributed by atoms with Gasteiger partial charge >= 0.3 is 0 Å². The van der Waals surface area contributed by atoms with Crippen LogP contribution in [0.5, 0.6) is 0 Å². The molecule has 0 N–H and O–H groups in total. The van der Waals surface area contributed by atoms with E-state index in [1.165, 1.54) is 12.4 Å². The van der Waals surface area contributed by atoms with E-state index in [1.54, 1.807) is 24.1 Å². The van der Waals surface area contributed by atoms with Gasteiger partial charge in [0.2, 0.25) is 0 Å². The predicted octanol–water partition coefficient (Wildman–Crippen LogP) is 2.27. The molecule has 1 aromatic heterocycles. The molecule has 5 nitrogen and oxygen atoms in total. The van der Waals surface area contributed by atoms with Gasteiger partial charge in [-0.15, -0.1) is 0 Å². The maximum Gasteiger partial charge on any atom is 0.278 e. The molecular formula is C16H15N3O2. The van der Waals surface area contributed by atoms with Gasteiger partial charge in [-0.05, 0) is 43.5 Å². The second-order valence-corrected chi connectivity index (χ2v) is 5.05. The number of aromatic nitrogens is 2. The number of carbonyl (C=O) groups excluding carboxylic acids is 2. The van der Waals surface area contributed by atoms with E-state index in [0.717, 1.165) is 24.1 Å². The van der Waals surface area contributed by atoms with Crippen molar-refractivity contribution in [2.75, 3.05) is 11.4 Å². The van der Waals surface area contributed by atoms with E-state index in [1.807, 2.05) is 12.1 Å². The molecule has 0 aliphatic carbocycles. The molecule has 2 aromatic rings. The van der Waals surface area contributed by atoms with Crippen molar-refractivity contribution in [3.8, 4) is 0 Å². The van der Waals surface area contributed by atoms with Gasteiger partial charge < -0.3 is 4.90 Å². The fourth-order valence-corrected chi connectivity index (χ4v) is 2.57. The quantitative estimate of drug-likeness (QED) is 0.792. The number of ketones is 1. The van der Waals surface area contributed by atoms with Crippen LogP contribution in [0.4, 0.5) is 5.69 Å². The van der Waals surface area contributed by atoms with Crippen molar-refractivity contribution in [2.24, 2.45) is 0 Å². The van der Waals surface area contributed by atoms with Crippen LogP contribution in [0.3, 0.4) is 0 Å². The van der Waals surface area contributed by atoms with Crippen molar-refractivity contribution >= 4 is 17.4 Å². The smallest absolute Gasteiger partial charge is 0.278 e. The zero-order chi connectivity index (χ0) is 14.8. The molecular weight excluding hydrogens is 266 g/mol. The number of anilines is 1. The van der Waals surface area contributed by atoms with Gasteiger partial charge in [-0.1, -0.05) is 0 Å². The van der Waals surface area contributed by atoms with Crippen LogP contribution in [-0.2, 0) is 6.42 Å². The lowest BCUT2D eigenvalue weighted by molar-refractivity contribution is 0.0979. The van der Waals surface area contributed by atoms with Crippen LogP contribution < -0.4 is 4.90 Å². The predicted molar refractivity (Wildman–Crippen MR) is 78.5 cm³/mol. The molecule has 5 heteroatoms. The van der Waals surface area contributed by atoms with Gasteiger partial charge in [-0.2, -0.15) is 0 Å². The molecule has 21 heavy (non-hydrogen) atoms. The van der Waals surface area contributed by atoms with Gasteiger partial charge in [0.25, 0.3) is 5.91 Å². The minimum absolute atomic E-state index is 0.0372. The Kier molecular flexibility index (Phi) is 3.48. The van der Waals surface area contributed by atoms with Crippen molar-refractivity contribution in [1.29, 1.82) is 0 Å². The summed E-state index contributed by atoms with van der Waals surface area (Å²) in [4.78, 5) is 33.7. The zero-order valence-corrected chi connectivity index (χ0v) is 11.7. The van der Waals surface area contributed by atoms with Crippen LogP contribution in [0.1, 0.15) is 39.8 Å². The molecule has 1 aliphatic heterocycles. The average Bonchev–Trinajstić information content (AvgIpc) is 2.54. The van der Waals surface area contributed by atoms with E-state index < -0.39 is 0 Å². The van der Waals surface area contributed by atoms with Crippen LogP contribution in [0.25, 0.3) is 0 Å². The minimum Gasteiger partial charge on any atom is -0.307 e. The summed E-state index contributed by atoms with van der Waals surface area (Å²) in [5.74, 6) is -0.116. The highest BCUT2D eigenvalue weighted by Crippen LogP contribution is 2.29. The van der Waals surface area contributed by atoms with Crippen LogP contribution in [0.2, 0.25) is 0 Å². The summed E-state index contributed by atoms with van der Waals surface area (Å²) in [7, 11) is 0. The number of carbonyl (C=O) groups is 2. The molecule has 1 aliphatic rings. The summed E-state index contributed by atoms with van der Waals surface area (Å²) >= 11 is 0. The highest BCUT2D eigenvalue weighted by atomic mass is 16.2. The summed E-state index contributed by atoms with van der Waals surface area (Å²) in [5.41, 5.74) is 2.91. The summed E-state index contributed by atoms with van der Waals surface area (Å²) in [5, 5.41) is 0. The van der Waals surface area contributed by atoms with E-state index >= 15 is 0 Å². The second-order valence-electron chi connectivity index (χ2n) is 5.05. The second kappa shape index (κ2) is 5.44. The summed E-state index contributed by atoms with van der Waals surface area (Å²) in [6.45, 7) is 2.20. The van der Waals surface area contributed by atoms with Gasteiger partial charge in [0, 0.05) is 30.2 Å². The third kappa shape index (κ3) is 2.54. The van der Waals surface area contributed by atoms with Crippen LogP contribution >= 0.6 is 0 Å². The third-order valence-electron chi connectivity index (χ3n) is 3.63. The lowest BCUT2D eigenvalue weighted by atomic mass is 9.98. The van der Waals surface area contributed by atoms with Gasteiger partial charge in [0.15, 0.2) is 5.78 Å².